The minimum Gasteiger partial charge on any atom is -0.391 e. The van der Waals surface area contributed by atoms with E-state index in [1.54, 1.807) is 0 Å². The molecule has 88 valence electrons. The summed E-state index contributed by atoms with van der Waals surface area (Å²) >= 11 is 0. The van der Waals surface area contributed by atoms with E-state index in [9.17, 15) is 9.90 Å². The van der Waals surface area contributed by atoms with Crippen LogP contribution < -0.4 is 10.6 Å². The largest absolute Gasteiger partial charge is 0.391 e. The highest BCUT2D eigenvalue weighted by molar-refractivity contribution is 5.76. The van der Waals surface area contributed by atoms with Gasteiger partial charge < -0.3 is 20.5 Å². The minimum absolute atomic E-state index is 0.0301. The summed E-state index contributed by atoms with van der Waals surface area (Å²) < 4.78 is 5.40. The van der Waals surface area contributed by atoms with Gasteiger partial charge in [0.15, 0.2) is 0 Å². The lowest BCUT2D eigenvalue weighted by atomic mass is 10.2. The van der Waals surface area contributed by atoms with Crippen molar-refractivity contribution in [1.29, 1.82) is 0 Å². The molecule has 1 aliphatic heterocycles. The molecular weight excluding hydrogens is 196 g/mol. The number of hydrogen-bond acceptors (Lipinski definition) is 4. The van der Waals surface area contributed by atoms with Crippen molar-refractivity contribution in [2.24, 2.45) is 0 Å². The second-order valence-electron chi connectivity index (χ2n) is 3.77. The molecule has 0 aliphatic carbocycles. The van der Waals surface area contributed by atoms with Gasteiger partial charge in [0.1, 0.15) is 0 Å². The molecule has 0 saturated carbocycles. The summed E-state index contributed by atoms with van der Waals surface area (Å²) in [4.78, 5) is 11.4. The molecule has 0 aromatic heterocycles. The lowest BCUT2D eigenvalue weighted by Gasteiger charge is -2.23. The fourth-order valence-electron chi connectivity index (χ4n) is 1.41. The van der Waals surface area contributed by atoms with E-state index >= 15 is 0 Å². The van der Waals surface area contributed by atoms with Crippen LogP contribution in [0.2, 0.25) is 0 Å². The van der Waals surface area contributed by atoms with Gasteiger partial charge in [-0.25, -0.2) is 0 Å². The van der Waals surface area contributed by atoms with Crippen molar-refractivity contribution >= 4 is 5.91 Å². The van der Waals surface area contributed by atoms with Crippen molar-refractivity contribution in [3.63, 3.8) is 0 Å². The summed E-state index contributed by atoms with van der Waals surface area (Å²) in [5, 5.41) is 15.1. The van der Waals surface area contributed by atoms with Gasteiger partial charge in [0.25, 0.3) is 0 Å². The Kier molecular flexibility index (Phi) is 5.60. The van der Waals surface area contributed by atoms with E-state index in [0.29, 0.717) is 26.0 Å². The number of hydrogen-bond donors (Lipinski definition) is 3. The fourth-order valence-corrected chi connectivity index (χ4v) is 1.41. The lowest BCUT2D eigenvalue weighted by molar-refractivity contribution is -0.124. The summed E-state index contributed by atoms with van der Waals surface area (Å²) in [6, 6.07) is 0. The Labute approximate surface area is 90.2 Å². The third-order valence-corrected chi connectivity index (χ3v) is 2.42. The number of amides is 1. The van der Waals surface area contributed by atoms with Gasteiger partial charge in [0.05, 0.1) is 25.2 Å². The highest BCUT2D eigenvalue weighted by Crippen LogP contribution is 2.01. The molecular formula is C10H20N2O3. The standard InChI is InChI=1S/C10H20N2O3/c1-2-8(13)6-12-10(14)5-9-7-11-3-4-15-9/h8-9,11,13H,2-7H2,1H3,(H,12,14). The molecule has 1 amide bonds. The van der Waals surface area contributed by atoms with Crippen LogP contribution in [-0.4, -0.2) is 49.5 Å². The number of aliphatic hydroxyl groups excluding tert-OH is 1. The van der Waals surface area contributed by atoms with E-state index in [2.05, 4.69) is 10.6 Å². The monoisotopic (exact) mass is 216 g/mol. The van der Waals surface area contributed by atoms with E-state index in [1.807, 2.05) is 6.92 Å². The molecule has 1 heterocycles. The Morgan fingerprint density at radius 1 is 1.73 bits per heavy atom. The smallest absolute Gasteiger partial charge is 0.222 e. The van der Waals surface area contributed by atoms with Crippen molar-refractivity contribution in [3.8, 4) is 0 Å². The van der Waals surface area contributed by atoms with Gasteiger partial charge in [-0.2, -0.15) is 0 Å². The van der Waals surface area contributed by atoms with Crippen molar-refractivity contribution in [1.82, 2.24) is 10.6 Å². The average molecular weight is 216 g/mol. The lowest BCUT2D eigenvalue weighted by Crippen LogP contribution is -2.42. The predicted molar refractivity (Wildman–Crippen MR) is 56.5 cm³/mol. The molecule has 5 heteroatoms. The van der Waals surface area contributed by atoms with Crippen LogP contribution in [0, 0.1) is 0 Å². The number of nitrogens with one attached hydrogen (secondary N) is 2. The van der Waals surface area contributed by atoms with Crippen molar-refractivity contribution in [3.05, 3.63) is 0 Å². The predicted octanol–water partition coefficient (Wildman–Crippen LogP) is -0.748. The molecule has 15 heavy (non-hydrogen) atoms. The Bertz CT molecular complexity index is 193. The van der Waals surface area contributed by atoms with E-state index in [4.69, 9.17) is 4.74 Å². The molecule has 0 aromatic carbocycles. The fraction of sp³-hybridized carbons (Fsp3) is 0.900. The summed E-state index contributed by atoms with van der Waals surface area (Å²) in [5.41, 5.74) is 0. The van der Waals surface area contributed by atoms with Crippen LogP contribution in [0.15, 0.2) is 0 Å². The van der Waals surface area contributed by atoms with Gasteiger partial charge in [0, 0.05) is 19.6 Å². The van der Waals surface area contributed by atoms with Crippen LogP contribution in [0.25, 0.3) is 0 Å². The van der Waals surface area contributed by atoms with Crippen LogP contribution in [-0.2, 0) is 9.53 Å². The SMILES string of the molecule is CCC(O)CNC(=O)CC1CNCCO1. The maximum Gasteiger partial charge on any atom is 0.222 e. The van der Waals surface area contributed by atoms with Crippen molar-refractivity contribution in [2.75, 3.05) is 26.2 Å². The molecule has 3 N–H and O–H groups in total. The van der Waals surface area contributed by atoms with Gasteiger partial charge in [-0.05, 0) is 6.42 Å². The number of carbonyl (C=O) groups excluding carboxylic acids is 1. The zero-order chi connectivity index (χ0) is 11.1. The summed E-state index contributed by atoms with van der Waals surface area (Å²) in [5.74, 6) is -0.0591. The molecule has 1 saturated heterocycles. The highest BCUT2D eigenvalue weighted by Gasteiger charge is 2.17. The highest BCUT2D eigenvalue weighted by atomic mass is 16.5. The Morgan fingerprint density at radius 3 is 3.13 bits per heavy atom. The molecule has 2 atom stereocenters. The third kappa shape index (κ3) is 5.11. The summed E-state index contributed by atoms with van der Waals surface area (Å²) in [6.07, 6.45) is 0.544. The number of rotatable bonds is 5. The van der Waals surface area contributed by atoms with Crippen LogP contribution in [0.4, 0.5) is 0 Å². The topological polar surface area (TPSA) is 70.6 Å². The normalized spacial score (nSPS) is 23.5. The van der Waals surface area contributed by atoms with Gasteiger partial charge >= 0.3 is 0 Å². The first kappa shape index (κ1) is 12.4. The molecule has 0 spiro atoms. The maximum atomic E-state index is 11.4. The maximum absolute atomic E-state index is 11.4. The second-order valence-corrected chi connectivity index (χ2v) is 3.77. The first-order valence-electron chi connectivity index (χ1n) is 5.49. The molecule has 1 fully saturated rings. The quantitative estimate of drug-likeness (QED) is 0.565. The van der Waals surface area contributed by atoms with Gasteiger partial charge in [-0.3, -0.25) is 4.79 Å². The first-order chi connectivity index (χ1) is 7.22. The molecule has 1 rings (SSSR count). The average Bonchev–Trinajstić information content (AvgIpc) is 2.27. The van der Waals surface area contributed by atoms with E-state index in [0.717, 1.165) is 13.1 Å². The first-order valence-corrected chi connectivity index (χ1v) is 5.49. The van der Waals surface area contributed by atoms with E-state index in [-0.39, 0.29) is 12.0 Å². The Hall–Kier alpha value is -0.650. The number of aliphatic hydroxyl groups is 1. The van der Waals surface area contributed by atoms with Gasteiger partial charge in [-0.15, -0.1) is 0 Å². The van der Waals surface area contributed by atoms with Crippen LogP contribution in [0.5, 0.6) is 0 Å². The summed E-state index contributed by atoms with van der Waals surface area (Å²) in [6.45, 7) is 4.45. The number of ether oxygens (including phenoxy) is 1. The van der Waals surface area contributed by atoms with Crippen LogP contribution >= 0.6 is 0 Å². The number of carbonyl (C=O) groups is 1. The minimum atomic E-state index is -0.445. The van der Waals surface area contributed by atoms with E-state index in [1.165, 1.54) is 0 Å². The number of morpholine rings is 1. The van der Waals surface area contributed by atoms with Crippen molar-refractivity contribution < 1.29 is 14.6 Å². The van der Waals surface area contributed by atoms with E-state index < -0.39 is 6.10 Å². The third-order valence-electron chi connectivity index (χ3n) is 2.42. The van der Waals surface area contributed by atoms with Gasteiger partial charge in [0.2, 0.25) is 5.91 Å². The van der Waals surface area contributed by atoms with Crippen LogP contribution in [0.3, 0.4) is 0 Å². The van der Waals surface area contributed by atoms with Crippen LogP contribution in [0.1, 0.15) is 19.8 Å². The Balaban J connectivity index is 2.11. The zero-order valence-corrected chi connectivity index (χ0v) is 9.16. The molecule has 0 aromatic rings. The zero-order valence-electron chi connectivity index (χ0n) is 9.16. The van der Waals surface area contributed by atoms with Crippen molar-refractivity contribution in [2.45, 2.75) is 32.0 Å². The molecule has 5 nitrogen and oxygen atoms in total. The molecule has 0 bridgehead atoms. The molecule has 1 aliphatic rings. The summed E-state index contributed by atoms with van der Waals surface area (Å²) in [7, 11) is 0. The van der Waals surface area contributed by atoms with Gasteiger partial charge in [-0.1, -0.05) is 6.92 Å². The Morgan fingerprint density at radius 2 is 2.53 bits per heavy atom. The second kappa shape index (κ2) is 6.76. The molecule has 0 radical (unpaired) electrons. The molecule has 2 unspecified atom stereocenters.